The molecular formula is C17H27N5O. The Morgan fingerprint density at radius 3 is 2.74 bits per heavy atom. The van der Waals surface area contributed by atoms with Gasteiger partial charge in [-0.2, -0.15) is 0 Å². The molecule has 0 saturated carbocycles. The molecule has 0 bridgehead atoms. The number of likely N-dealkylation sites (N-methyl/N-ethyl adjacent to an activating group) is 1. The molecule has 0 aliphatic heterocycles. The van der Waals surface area contributed by atoms with Crippen LogP contribution < -0.4 is 16.4 Å². The first kappa shape index (κ1) is 18.7. The number of carbonyl (C=O) groups excluding carboxylic acids is 1. The van der Waals surface area contributed by atoms with Crippen molar-refractivity contribution in [1.29, 1.82) is 0 Å². The van der Waals surface area contributed by atoms with Crippen molar-refractivity contribution in [3.8, 4) is 0 Å². The summed E-state index contributed by atoms with van der Waals surface area (Å²) in [6, 6.07) is 7.40. The van der Waals surface area contributed by atoms with E-state index in [0.29, 0.717) is 31.2 Å². The van der Waals surface area contributed by atoms with Gasteiger partial charge in [0.05, 0.1) is 6.54 Å². The second-order valence-corrected chi connectivity index (χ2v) is 5.77. The average Bonchev–Trinajstić information content (AvgIpc) is 2.50. The lowest BCUT2D eigenvalue weighted by molar-refractivity contribution is 0.0951. The summed E-state index contributed by atoms with van der Waals surface area (Å²) in [5.41, 5.74) is 8.33. The summed E-state index contributed by atoms with van der Waals surface area (Å²) >= 11 is 0. The Labute approximate surface area is 138 Å². The molecule has 0 aromatic heterocycles. The Morgan fingerprint density at radius 1 is 1.35 bits per heavy atom. The van der Waals surface area contributed by atoms with Crippen LogP contribution in [0.1, 0.15) is 22.8 Å². The Morgan fingerprint density at radius 2 is 2.09 bits per heavy atom. The molecule has 0 spiro atoms. The van der Waals surface area contributed by atoms with E-state index < -0.39 is 0 Å². The molecular weight excluding hydrogens is 290 g/mol. The summed E-state index contributed by atoms with van der Waals surface area (Å²) in [4.78, 5) is 18.4. The Balaban J connectivity index is 2.57. The van der Waals surface area contributed by atoms with Gasteiger partial charge in [0.2, 0.25) is 0 Å². The number of carbonyl (C=O) groups is 1. The summed E-state index contributed by atoms with van der Waals surface area (Å²) < 4.78 is 0. The van der Waals surface area contributed by atoms with Gasteiger partial charge in [-0.25, -0.2) is 4.99 Å². The van der Waals surface area contributed by atoms with Crippen LogP contribution in [-0.2, 0) is 6.54 Å². The molecule has 1 aromatic rings. The van der Waals surface area contributed by atoms with Crippen LogP contribution in [0.15, 0.2) is 41.4 Å². The minimum atomic E-state index is -0.0777. The Bertz CT molecular complexity index is 566. The molecule has 1 rings (SSSR count). The SMILES string of the molecule is C=C(C)CNC(N)=NCc1cccc(C(=O)NCCN(C)C)c1. The number of nitrogens with one attached hydrogen (secondary N) is 2. The van der Waals surface area contributed by atoms with Crippen LogP contribution in [0.2, 0.25) is 0 Å². The van der Waals surface area contributed by atoms with Crippen LogP contribution in [-0.4, -0.2) is 50.5 Å². The van der Waals surface area contributed by atoms with Gasteiger partial charge in [-0.1, -0.05) is 24.3 Å². The van der Waals surface area contributed by atoms with Gasteiger partial charge in [0.25, 0.3) is 5.91 Å². The van der Waals surface area contributed by atoms with Crippen LogP contribution in [0.5, 0.6) is 0 Å². The zero-order valence-electron chi connectivity index (χ0n) is 14.2. The molecule has 23 heavy (non-hydrogen) atoms. The van der Waals surface area contributed by atoms with E-state index in [2.05, 4.69) is 22.2 Å². The minimum Gasteiger partial charge on any atom is -0.370 e. The summed E-state index contributed by atoms with van der Waals surface area (Å²) in [7, 11) is 3.94. The molecule has 0 saturated heterocycles. The van der Waals surface area contributed by atoms with Crippen molar-refractivity contribution in [1.82, 2.24) is 15.5 Å². The summed E-state index contributed by atoms with van der Waals surface area (Å²) in [5.74, 6) is 0.292. The maximum atomic E-state index is 12.1. The zero-order chi connectivity index (χ0) is 17.2. The summed E-state index contributed by atoms with van der Waals surface area (Å²) in [5, 5.41) is 5.86. The fraction of sp³-hybridized carbons (Fsp3) is 0.412. The highest BCUT2D eigenvalue weighted by Crippen LogP contribution is 2.06. The predicted octanol–water partition coefficient (Wildman–Crippen LogP) is 0.958. The molecule has 0 unspecified atom stereocenters. The normalized spacial score (nSPS) is 11.4. The number of amides is 1. The minimum absolute atomic E-state index is 0.0777. The molecule has 0 fully saturated rings. The molecule has 6 nitrogen and oxygen atoms in total. The highest BCUT2D eigenvalue weighted by molar-refractivity contribution is 5.94. The Hall–Kier alpha value is -2.34. The third-order valence-corrected chi connectivity index (χ3v) is 3.04. The largest absolute Gasteiger partial charge is 0.370 e. The third kappa shape index (κ3) is 8.01. The molecule has 0 heterocycles. The molecule has 0 aliphatic rings. The van der Waals surface area contributed by atoms with Gasteiger partial charge in [-0.15, -0.1) is 0 Å². The van der Waals surface area contributed by atoms with Crippen molar-refractivity contribution < 1.29 is 4.79 Å². The van der Waals surface area contributed by atoms with E-state index in [4.69, 9.17) is 5.73 Å². The van der Waals surface area contributed by atoms with Crippen molar-refractivity contribution in [2.24, 2.45) is 10.7 Å². The smallest absolute Gasteiger partial charge is 0.251 e. The first-order valence-corrected chi connectivity index (χ1v) is 7.58. The number of guanidine groups is 1. The van der Waals surface area contributed by atoms with Gasteiger partial charge >= 0.3 is 0 Å². The predicted molar refractivity (Wildman–Crippen MR) is 95.5 cm³/mol. The number of hydrogen-bond acceptors (Lipinski definition) is 3. The first-order chi connectivity index (χ1) is 10.9. The molecule has 1 aromatic carbocycles. The first-order valence-electron chi connectivity index (χ1n) is 7.58. The molecule has 6 heteroatoms. The highest BCUT2D eigenvalue weighted by atomic mass is 16.1. The van der Waals surface area contributed by atoms with E-state index in [1.165, 1.54) is 0 Å². The molecule has 126 valence electrons. The van der Waals surface area contributed by atoms with Gasteiger partial charge in [-0.05, 0) is 38.7 Å². The van der Waals surface area contributed by atoms with Gasteiger partial charge in [0.15, 0.2) is 5.96 Å². The van der Waals surface area contributed by atoms with E-state index in [1.54, 1.807) is 6.07 Å². The second-order valence-electron chi connectivity index (χ2n) is 5.77. The number of benzene rings is 1. The van der Waals surface area contributed by atoms with Crippen LogP contribution in [0.25, 0.3) is 0 Å². The number of hydrogen-bond donors (Lipinski definition) is 3. The standard InChI is InChI=1S/C17H27N5O/c1-13(2)11-20-17(18)21-12-14-6-5-7-15(10-14)16(23)19-8-9-22(3)4/h5-7,10H,1,8-9,11-12H2,2-4H3,(H,19,23)(H3,18,20,21). The average molecular weight is 317 g/mol. The van der Waals surface area contributed by atoms with E-state index in [9.17, 15) is 4.79 Å². The van der Waals surface area contributed by atoms with Crippen molar-refractivity contribution in [2.45, 2.75) is 13.5 Å². The monoisotopic (exact) mass is 317 g/mol. The second kappa shape index (κ2) is 9.63. The van der Waals surface area contributed by atoms with Crippen LogP contribution in [0.4, 0.5) is 0 Å². The molecule has 0 radical (unpaired) electrons. The summed E-state index contributed by atoms with van der Waals surface area (Å²) in [6.07, 6.45) is 0. The summed E-state index contributed by atoms with van der Waals surface area (Å²) in [6.45, 7) is 8.16. The third-order valence-electron chi connectivity index (χ3n) is 3.04. The highest BCUT2D eigenvalue weighted by Gasteiger charge is 2.05. The van der Waals surface area contributed by atoms with Crippen molar-refractivity contribution in [2.75, 3.05) is 33.7 Å². The van der Waals surface area contributed by atoms with Crippen LogP contribution in [0.3, 0.4) is 0 Å². The Kier molecular flexibility index (Phi) is 7.83. The number of rotatable bonds is 8. The maximum Gasteiger partial charge on any atom is 0.251 e. The van der Waals surface area contributed by atoms with E-state index >= 15 is 0 Å². The van der Waals surface area contributed by atoms with Gasteiger partial charge in [-0.3, -0.25) is 4.79 Å². The maximum absolute atomic E-state index is 12.1. The van der Waals surface area contributed by atoms with Gasteiger partial charge in [0.1, 0.15) is 0 Å². The molecule has 0 aliphatic carbocycles. The van der Waals surface area contributed by atoms with Crippen LogP contribution in [0, 0.1) is 0 Å². The zero-order valence-corrected chi connectivity index (χ0v) is 14.2. The van der Waals surface area contributed by atoms with Gasteiger partial charge < -0.3 is 21.3 Å². The molecule has 1 amide bonds. The van der Waals surface area contributed by atoms with E-state index in [1.807, 2.05) is 44.1 Å². The van der Waals surface area contributed by atoms with E-state index in [0.717, 1.165) is 17.7 Å². The van der Waals surface area contributed by atoms with Crippen molar-refractivity contribution >= 4 is 11.9 Å². The molecule has 0 atom stereocenters. The lowest BCUT2D eigenvalue weighted by Crippen LogP contribution is -2.32. The lowest BCUT2D eigenvalue weighted by Gasteiger charge is -2.10. The number of nitrogens with two attached hydrogens (primary N) is 1. The van der Waals surface area contributed by atoms with Crippen molar-refractivity contribution in [3.05, 3.63) is 47.5 Å². The van der Waals surface area contributed by atoms with Crippen LogP contribution >= 0.6 is 0 Å². The fourth-order valence-electron chi connectivity index (χ4n) is 1.78. The topological polar surface area (TPSA) is 82.7 Å². The lowest BCUT2D eigenvalue weighted by atomic mass is 10.1. The fourth-order valence-corrected chi connectivity index (χ4v) is 1.78. The number of aliphatic imine (C=N–C) groups is 1. The number of nitrogens with zero attached hydrogens (tertiary/aromatic N) is 2. The van der Waals surface area contributed by atoms with Crippen molar-refractivity contribution in [3.63, 3.8) is 0 Å². The molecule has 4 N–H and O–H groups in total. The van der Waals surface area contributed by atoms with E-state index in [-0.39, 0.29) is 5.91 Å². The van der Waals surface area contributed by atoms with Gasteiger partial charge in [0, 0.05) is 25.2 Å². The quantitative estimate of drug-likeness (QED) is 0.379.